The first kappa shape index (κ1) is 9.18. The van der Waals surface area contributed by atoms with Gasteiger partial charge in [-0.15, -0.1) is 4.91 Å². The van der Waals surface area contributed by atoms with Gasteiger partial charge in [-0.05, 0) is 17.3 Å². The van der Waals surface area contributed by atoms with Crippen molar-refractivity contribution in [1.82, 2.24) is 0 Å². The summed E-state index contributed by atoms with van der Waals surface area (Å²) in [6.07, 6.45) is 0. The molecule has 0 bridgehead atoms. The lowest BCUT2D eigenvalue weighted by atomic mass is 10.3. The molecule has 13 heavy (non-hydrogen) atoms. The highest BCUT2D eigenvalue weighted by Gasteiger charge is 2.04. The van der Waals surface area contributed by atoms with Crippen LogP contribution in [0.15, 0.2) is 23.4 Å². The van der Waals surface area contributed by atoms with Gasteiger partial charge < -0.3 is 9.84 Å². The summed E-state index contributed by atoms with van der Waals surface area (Å²) in [4.78, 5) is 20.5. The molecule has 68 valence electrons. The fourth-order valence-electron chi connectivity index (χ4n) is 0.810. The molecule has 5 heteroatoms. The highest BCUT2D eigenvalue weighted by molar-refractivity contribution is 5.70. The van der Waals surface area contributed by atoms with Crippen molar-refractivity contribution in [1.29, 1.82) is 0 Å². The highest BCUT2D eigenvalue weighted by Crippen LogP contribution is 2.29. The lowest BCUT2D eigenvalue weighted by molar-refractivity contribution is -0.131. The van der Waals surface area contributed by atoms with E-state index in [0.717, 1.165) is 6.07 Å². The molecule has 0 fully saturated rings. The van der Waals surface area contributed by atoms with Crippen molar-refractivity contribution in [2.45, 2.75) is 6.92 Å². The molecule has 0 aliphatic rings. The summed E-state index contributed by atoms with van der Waals surface area (Å²) in [7, 11) is 0. The third-order valence-corrected chi connectivity index (χ3v) is 1.31. The fraction of sp³-hybridized carbons (Fsp3) is 0.125. The first-order valence-electron chi connectivity index (χ1n) is 3.48. The molecule has 1 rings (SSSR count). The van der Waals surface area contributed by atoms with Gasteiger partial charge in [-0.2, -0.15) is 0 Å². The van der Waals surface area contributed by atoms with Crippen molar-refractivity contribution in [2.24, 2.45) is 5.18 Å². The average Bonchev–Trinajstić information content (AvgIpc) is 2.03. The maximum absolute atomic E-state index is 10.5. The summed E-state index contributed by atoms with van der Waals surface area (Å²) in [5.41, 5.74) is -0.0871. The van der Waals surface area contributed by atoms with Crippen molar-refractivity contribution in [3.63, 3.8) is 0 Å². The monoisotopic (exact) mass is 181 g/mol. The molecule has 5 nitrogen and oxygen atoms in total. The summed E-state index contributed by atoms with van der Waals surface area (Å²) in [6.45, 7) is 1.24. The maximum Gasteiger partial charge on any atom is 0.308 e. The van der Waals surface area contributed by atoms with E-state index in [2.05, 4.69) is 9.91 Å². The zero-order valence-electron chi connectivity index (χ0n) is 6.85. The van der Waals surface area contributed by atoms with Gasteiger partial charge >= 0.3 is 5.97 Å². The Hall–Kier alpha value is -1.91. The van der Waals surface area contributed by atoms with Crippen LogP contribution in [0, 0.1) is 4.91 Å². The molecule has 0 aliphatic carbocycles. The Morgan fingerprint density at radius 1 is 1.54 bits per heavy atom. The average molecular weight is 181 g/mol. The van der Waals surface area contributed by atoms with Gasteiger partial charge in [0.15, 0.2) is 0 Å². The Morgan fingerprint density at radius 3 is 2.69 bits per heavy atom. The maximum atomic E-state index is 10.5. The normalized spacial score (nSPS) is 9.31. The Bertz CT molecular complexity index is 348. The summed E-state index contributed by atoms with van der Waals surface area (Å²) < 4.78 is 4.65. The van der Waals surface area contributed by atoms with E-state index in [1.165, 1.54) is 19.1 Å². The Labute approximate surface area is 73.9 Å². The van der Waals surface area contributed by atoms with E-state index in [0.29, 0.717) is 0 Å². The Kier molecular flexibility index (Phi) is 2.59. The standard InChI is InChI=1S/C8H7NO4/c1-5(10)13-6-2-3-7(9-12)8(11)4-6/h2-4,11H,1H3. The molecular formula is C8H7NO4. The minimum atomic E-state index is -0.494. The quantitative estimate of drug-likeness (QED) is 0.428. The molecule has 1 N–H and O–H groups in total. The number of phenols is 1. The molecule has 0 saturated carbocycles. The van der Waals surface area contributed by atoms with Crippen LogP contribution in [0.2, 0.25) is 0 Å². The first-order chi connectivity index (χ1) is 6.13. The van der Waals surface area contributed by atoms with Gasteiger partial charge in [0.2, 0.25) is 0 Å². The summed E-state index contributed by atoms with van der Waals surface area (Å²) in [5, 5.41) is 11.7. The molecule has 0 saturated heterocycles. The largest absolute Gasteiger partial charge is 0.505 e. The van der Waals surface area contributed by atoms with Gasteiger partial charge in [0.25, 0.3) is 0 Å². The summed E-state index contributed by atoms with van der Waals surface area (Å²) in [6, 6.07) is 3.79. The van der Waals surface area contributed by atoms with Crippen molar-refractivity contribution in [3.05, 3.63) is 23.1 Å². The van der Waals surface area contributed by atoms with E-state index >= 15 is 0 Å². The highest BCUT2D eigenvalue weighted by atomic mass is 16.5. The third-order valence-electron chi connectivity index (χ3n) is 1.31. The van der Waals surface area contributed by atoms with Crippen LogP contribution in [0.1, 0.15) is 6.92 Å². The number of carbonyl (C=O) groups excluding carboxylic acids is 1. The van der Waals surface area contributed by atoms with Gasteiger partial charge in [-0.3, -0.25) is 4.79 Å². The van der Waals surface area contributed by atoms with Crippen LogP contribution in [0.5, 0.6) is 11.5 Å². The van der Waals surface area contributed by atoms with Crippen LogP contribution in [-0.2, 0) is 4.79 Å². The second-order valence-corrected chi connectivity index (χ2v) is 2.34. The number of aromatic hydroxyl groups is 1. The molecule has 0 heterocycles. The van der Waals surface area contributed by atoms with Gasteiger partial charge in [0.1, 0.15) is 17.2 Å². The van der Waals surface area contributed by atoms with E-state index in [1.54, 1.807) is 0 Å². The van der Waals surface area contributed by atoms with E-state index in [-0.39, 0.29) is 17.2 Å². The molecule has 0 amide bonds. The number of hydrogen-bond donors (Lipinski definition) is 1. The molecule has 1 aromatic carbocycles. The van der Waals surface area contributed by atoms with Crippen LogP contribution in [0.3, 0.4) is 0 Å². The summed E-state index contributed by atoms with van der Waals surface area (Å²) >= 11 is 0. The number of ether oxygens (including phenoxy) is 1. The molecule has 0 atom stereocenters. The number of esters is 1. The van der Waals surface area contributed by atoms with Crippen LogP contribution >= 0.6 is 0 Å². The Morgan fingerprint density at radius 2 is 2.23 bits per heavy atom. The molecule has 0 radical (unpaired) electrons. The topological polar surface area (TPSA) is 76.0 Å². The van der Waals surface area contributed by atoms with Crippen LogP contribution in [-0.4, -0.2) is 11.1 Å². The smallest absolute Gasteiger partial charge is 0.308 e. The molecule has 0 aromatic heterocycles. The predicted octanol–water partition coefficient (Wildman–Crippen LogP) is 1.72. The molecule has 0 spiro atoms. The van der Waals surface area contributed by atoms with Gasteiger partial charge in [0, 0.05) is 13.0 Å². The minimum absolute atomic E-state index is 0.0871. The summed E-state index contributed by atoms with van der Waals surface area (Å²) in [5.74, 6) is -0.627. The number of rotatable bonds is 2. The molecular weight excluding hydrogens is 174 g/mol. The van der Waals surface area contributed by atoms with Crippen molar-refractivity contribution >= 4 is 11.7 Å². The molecule has 1 aromatic rings. The SMILES string of the molecule is CC(=O)Oc1ccc(N=O)c(O)c1. The Balaban J connectivity index is 2.95. The van der Waals surface area contributed by atoms with Crippen molar-refractivity contribution < 1.29 is 14.6 Å². The number of phenolic OH excluding ortho intramolecular Hbond substituents is 1. The van der Waals surface area contributed by atoms with Gasteiger partial charge in [-0.1, -0.05) is 0 Å². The number of nitrogens with zero attached hydrogens (tertiary/aromatic N) is 1. The fourth-order valence-corrected chi connectivity index (χ4v) is 0.810. The lowest BCUT2D eigenvalue weighted by Crippen LogP contribution is -2.00. The van der Waals surface area contributed by atoms with E-state index in [4.69, 9.17) is 5.11 Å². The van der Waals surface area contributed by atoms with Crippen LogP contribution in [0.4, 0.5) is 5.69 Å². The molecule has 0 aliphatic heterocycles. The second-order valence-electron chi connectivity index (χ2n) is 2.34. The van der Waals surface area contributed by atoms with Crippen LogP contribution < -0.4 is 4.74 Å². The van der Waals surface area contributed by atoms with E-state index in [1.807, 2.05) is 0 Å². The number of nitroso groups, excluding NO2 is 1. The van der Waals surface area contributed by atoms with Crippen molar-refractivity contribution in [2.75, 3.05) is 0 Å². The van der Waals surface area contributed by atoms with E-state index in [9.17, 15) is 9.70 Å². The van der Waals surface area contributed by atoms with Crippen molar-refractivity contribution in [3.8, 4) is 11.5 Å². The van der Waals surface area contributed by atoms with Gasteiger partial charge in [-0.25, -0.2) is 0 Å². The first-order valence-corrected chi connectivity index (χ1v) is 3.48. The number of carbonyl (C=O) groups is 1. The van der Waals surface area contributed by atoms with Gasteiger partial charge in [0.05, 0.1) is 0 Å². The number of hydrogen-bond acceptors (Lipinski definition) is 5. The van der Waals surface area contributed by atoms with E-state index < -0.39 is 5.97 Å². The molecule has 0 unspecified atom stereocenters. The lowest BCUT2D eigenvalue weighted by Gasteiger charge is -2.01. The second kappa shape index (κ2) is 3.66. The van der Waals surface area contributed by atoms with Crippen LogP contribution in [0.25, 0.3) is 0 Å². The minimum Gasteiger partial charge on any atom is -0.505 e. The third kappa shape index (κ3) is 2.26. The zero-order valence-corrected chi connectivity index (χ0v) is 6.85. The predicted molar refractivity (Wildman–Crippen MR) is 44.9 cm³/mol. The zero-order chi connectivity index (χ0) is 9.84. The number of benzene rings is 1.